The zero-order chi connectivity index (χ0) is 14.7. The van der Waals surface area contributed by atoms with Crippen LogP contribution in [0.25, 0.3) is 0 Å². The van der Waals surface area contributed by atoms with Gasteiger partial charge in [0.15, 0.2) is 5.84 Å². The van der Waals surface area contributed by atoms with E-state index < -0.39 is 17.2 Å². The summed E-state index contributed by atoms with van der Waals surface area (Å²) in [7, 11) is 0. The van der Waals surface area contributed by atoms with Gasteiger partial charge in [0, 0.05) is 17.8 Å². The zero-order valence-corrected chi connectivity index (χ0v) is 10.3. The molecule has 0 amide bonds. The number of rotatable bonds is 3. The van der Waals surface area contributed by atoms with Crippen LogP contribution in [0, 0.1) is 11.6 Å². The molecule has 0 aliphatic carbocycles. The number of amidine groups is 1. The summed E-state index contributed by atoms with van der Waals surface area (Å²) in [5, 5.41) is 11.3. The number of hydrogen-bond acceptors (Lipinski definition) is 3. The maximum Gasteiger partial charge on any atom is 0.261 e. The quantitative estimate of drug-likeness (QED) is 0.384. The molecule has 2 aromatic rings. The van der Waals surface area contributed by atoms with E-state index in [9.17, 15) is 13.6 Å². The van der Waals surface area contributed by atoms with Gasteiger partial charge < -0.3 is 15.5 Å². The second kappa shape index (κ2) is 5.52. The summed E-state index contributed by atoms with van der Waals surface area (Å²) in [6, 6.07) is 6.00. The smallest absolute Gasteiger partial charge is 0.261 e. The van der Waals surface area contributed by atoms with E-state index in [1.165, 1.54) is 29.0 Å². The molecule has 1 aromatic carbocycles. The molecule has 104 valence electrons. The second-order valence-corrected chi connectivity index (χ2v) is 4.08. The summed E-state index contributed by atoms with van der Waals surface area (Å²) in [4.78, 5) is 12.0. The van der Waals surface area contributed by atoms with Gasteiger partial charge in [-0.05, 0) is 18.2 Å². The molecule has 0 saturated carbocycles. The number of nitrogens with zero attached hydrogens (tertiary/aromatic N) is 2. The fourth-order valence-electron chi connectivity index (χ4n) is 1.74. The number of oxime groups is 1. The molecule has 0 atom stereocenters. The van der Waals surface area contributed by atoms with E-state index in [0.29, 0.717) is 0 Å². The molecule has 5 nitrogen and oxygen atoms in total. The molecule has 2 rings (SSSR count). The Hall–Kier alpha value is -2.70. The maximum atomic E-state index is 13.5. The van der Waals surface area contributed by atoms with Gasteiger partial charge in [-0.2, -0.15) is 0 Å². The lowest BCUT2D eigenvalue weighted by molar-refractivity contribution is 0.318. The topological polar surface area (TPSA) is 80.6 Å². The summed E-state index contributed by atoms with van der Waals surface area (Å²) in [5.74, 6) is -1.76. The van der Waals surface area contributed by atoms with Crippen molar-refractivity contribution in [1.29, 1.82) is 0 Å². The van der Waals surface area contributed by atoms with E-state index in [1.54, 1.807) is 0 Å². The van der Waals surface area contributed by atoms with Gasteiger partial charge in [0.2, 0.25) is 0 Å². The van der Waals surface area contributed by atoms with Crippen LogP contribution in [0.2, 0.25) is 0 Å². The highest BCUT2D eigenvalue weighted by molar-refractivity contribution is 5.96. The van der Waals surface area contributed by atoms with Gasteiger partial charge in [-0.15, -0.1) is 0 Å². The molecule has 0 unspecified atom stereocenters. The Kier molecular flexibility index (Phi) is 3.79. The molecule has 0 bridgehead atoms. The van der Waals surface area contributed by atoms with Crippen LogP contribution in [-0.2, 0) is 6.54 Å². The molecule has 0 saturated heterocycles. The van der Waals surface area contributed by atoms with Gasteiger partial charge in [-0.3, -0.25) is 4.79 Å². The molecular weight excluding hydrogens is 268 g/mol. The molecule has 1 heterocycles. The lowest BCUT2D eigenvalue weighted by Gasteiger charge is -2.08. The first-order chi connectivity index (χ1) is 9.52. The van der Waals surface area contributed by atoms with Crippen LogP contribution in [0.15, 0.2) is 46.5 Å². The highest BCUT2D eigenvalue weighted by Crippen LogP contribution is 2.10. The fourth-order valence-corrected chi connectivity index (χ4v) is 1.74. The van der Waals surface area contributed by atoms with Crippen LogP contribution in [0.3, 0.4) is 0 Å². The highest BCUT2D eigenvalue weighted by Gasteiger charge is 2.10. The van der Waals surface area contributed by atoms with Gasteiger partial charge >= 0.3 is 0 Å². The molecule has 0 radical (unpaired) electrons. The third kappa shape index (κ3) is 2.66. The highest BCUT2D eigenvalue weighted by atomic mass is 19.1. The van der Waals surface area contributed by atoms with Gasteiger partial charge in [-0.1, -0.05) is 11.2 Å². The van der Waals surface area contributed by atoms with Gasteiger partial charge in [0.1, 0.15) is 11.6 Å². The summed E-state index contributed by atoms with van der Waals surface area (Å²) in [6.45, 7) is -0.0858. The average Bonchev–Trinajstić information content (AvgIpc) is 2.43. The van der Waals surface area contributed by atoms with E-state index in [4.69, 9.17) is 10.9 Å². The number of nitrogens with two attached hydrogens (primary N) is 1. The first-order valence-corrected chi connectivity index (χ1v) is 5.64. The van der Waals surface area contributed by atoms with Gasteiger partial charge in [-0.25, -0.2) is 8.78 Å². The predicted molar refractivity (Wildman–Crippen MR) is 68.7 cm³/mol. The maximum absolute atomic E-state index is 13.5. The van der Waals surface area contributed by atoms with Crippen molar-refractivity contribution >= 4 is 5.84 Å². The van der Waals surface area contributed by atoms with Gasteiger partial charge in [0.05, 0.1) is 12.1 Å². The van der Waals surface area contributed by atoms with Crippen molar-refractivity contribution in [2.45, 2.75) is 6.54 Å². The molecule has 0 aliphatic rings. The molecule has 1 aromatic heterocycles. The minimum Gasteiger partial charge on any atom is -0.409 e. The normalized spacial score (nSPS) is 11.6. The van der Waals surface area contributed by atoms with Crippen LogP contribution in [0.1, 0.15) is 11.1 Å². The van der Waals surface area contributed by atoms with E-state index in [-0.39, 0.29) is 23.5 Å². The van der Waals surface area contributed by atoms with Crippen LogP contribution in [0.5, 0.6) is 0 Å². The lowest BCUT2D eigenvalue weighted by Crippen LogP contribution is -2.30. The SMILES string of the molecule is N/C(=N/O)c1cccn(Cc2ccc(F)cc2F)c1=O. The molecular formula is C13H11F2N3O2. The molecule has 0 spiro atoms. The number of benzene rings is 1. The molecule has 7 heteroatoms. The Labute approximate surface area is 112 Å². The Bertz CT molecular complexity index is 726. The van der Waals surface area contributed by atoms with Crippen molar-refractivity contribution in [3.63, 3.8) is 0 Å². The minimum atomic E-state index is -0.744. The third-order valence-electron chi connectivity index (χ3n) is 2.76. The number of aromatic nitrogens is 1. The van der Waals surface area contributed by atoms with Crippen molar-refractivity contribution in [3.8, 4) is 0 Å². The van der Waals surface area contributed by atoms with E-state index in [0.717, 1.165) is 12.1 Å². The summed E-state index contributed by atoms with van der Waals surface area (Å²) in [6.07, 6.45) is 1.43. The standard InChI is InChI=1S/C13H11F2N3O2/c14-9-4-3-8(11(15)6-9)7-18-5-1-2-10(13(18)19)12(16)17-20/h1-6,20H,7H2,(H2,16,17). The number of hydrogen-bond donors (Lipinski definition) is 2. The Morgan fingerprint density at radius 2 is 2.10 bits per heavy atom. The first-order valence-electron chi connectivity index (χ1n) is 5.64. The summed E-state index contributed by atoms with van der Waals surface area (Å²) in [5.41, 5.74) is 4.99. The van der Waals surface area contributed by atoms with Crippen molar-refractivity contribution in [2.75, 3.05) is 0 Å². The van der Waals surface area contributed by atoms with Crippen LogP contribution in [0.4, 0.5) is 8.78 Å². The number of pyridine rings is 1. The second-order valence-electron chi connectivity index (χ2n) is 4.08. The number of halogens is 2. The summed E-state index contributed by atoms with van der Waals surface area (Å²) >= 11 is 0. The van der Waals surface area contributed by atoms with Crippen molar-refractivity contribution < 1.29 is 14.0 Å². The predicted octanol–water partition coefficient (Wildman–Crippen LogP) is 1.27. The first kappa shape index (κ1) is 13.7. The van der Waals surface area contributed by atoms with E-state index in [2.05, 4.69) is 5.16 Å². The average molecular weight is 279 g/mol. The zero-order valence-electron chi connectivity index (χ0n) is 10.3. The van der Waals surface area contributed by atoms with Crippen LogP contribution >= 0.6 is 0 Å². The van der Waals surface area contributed by atoms with Gasteiger partial charge in [0.25, 0.3) is 5.56 Å². The van der Waals surface area contributed by atoms with E-state index in [1.807, 2.05) is 0 Å². The minimum absolute atomic E-state index is 0.00230. The van der Waals surface area contributed by atoms with E-state index >= 15 is 0 Å². The Morgan fingerprint density at radius 3 is 2.75 bits per heavy atom. The molecule has 0 aliphatic heterocycles. The molecule has 3 N–H and O–H groups in total. The fraction of sp³-hybridized carbons (Fsp3) is 0.0769. The van der Waals surface area contributed by atoms with Crippen LogP contribution < -0.4 is 11.3 Å². The Balaban J connectivity index is 2.42. The van der Waals surface area contributed by atoms with Crippen molar-refractivity contribution in [2.24, 2.45) is 10.9 Å². The summed E-state index contributed by atoms with van der Waals surface area (Å²) < 4.78 is 27.5. The lowest BCUT2D eigenvalue weighted by atomic mass is 10.2. The Morgan fingerprint density at radius 1 is 1.35 bits per heavy atom. The monoisotopic (exact) mass is 279 g/mol. The molecule has 20 heavy (non-hydrogen) atoms. The van der Waals surface area contributed by atoms with Crippen LogP contribution in [-0.4, -0.2) is 15.6 Å². The molecule has 0 fully saturated rings. The third-order valence-corrected chi connectivity index (χ3v) is 2.76. The van der Waals surface area contributed by atoms with Crippen molar-refractivity contribution in [3.05, 3.63) is 69.6 Å². The van der Waals surface area contributed by atoms with Crippen molar-refractivity contribution in [1.82, 2.24) is 4.57 Å². The largest absolute Gasteiger partial charge is 0.409 e.